The van der Waals surface area contributed by atoms with Gasteiger partial charge < -0.3 is 9.47 Å². The maximum atomic E-state index is 11.5. The Morgan fingerprint density at radius 3 is 2.57 bits per heavy atom. The highest BCUT2D eigenvalue weighted by Gasteiger charge is 2.51. The SMILES string of the molecule is COC(=O)C1(c2ncccn2)COC1. The lowest BCUT2D eigenvalue weighted by Crippen LogP contribution is -2.54. The van der Waals surface area contributed by atoms with Crippen LogP contribution in [0.1, 0.15) is 5.82 Å². The summed E-state index contributed by atoms with van der Waals surface area (Å²) in [6.45, 7) is 0.591. The van der Waals surface area contributed by atoms with E-state index in [1.807, 2.05) is 0 Å². The van der Waals surface area contributed by atoms with E-state index in [2.05, 4.69) is 9.97 Å². The molecule has 0 radical (unpaired) electrons. The Bertz CT molecular complexity index is 335. The van der Waals surface area contributed by atoms with Gasteiger partial charge in [-0.2, -0.15) is 0 Å². The second-order valence-electron chi connectivity index (χ2n) is 3.14. The number of carbonyl (C=O) groups excluding carboxylic acids is 1. The van der Waals surface area contributed by atoms with E-state index in [9.17, 15) is 4.79 Å². The molecule has 1 fully saturated rings. The van der Waals surface area contributed by atoms with Crippen LogP contribution in [-0.2, 0) is 19.7 Å². The molecule has 0 amide bonds. The first-order valence-electron chi connectivity index (χ1n) is 4.23. The monoisotopic (exact) mass is 194 g/mol. The number of aromatic nitrogens is 2. The first kappa shape index (κ1) is 9.08. The molecule has 14 heavy (non-hydrogen) atoms. The number of hydrogen-bond acceptors (Lipinski definition) is 5. The average molecular weight is 194 g/mol. The van der Waals surface area contributed by atoms with E-state index < -0.39 is 5.41 Å². The zero-order chi connectivity index (χ0) is 10.0. The molecule has 74 valence electrons. The highest BCUT2D eigenvalue weighted by Crippen LogP contribution is 2.30. The van der Waals surface area contributed by atoms with Crippen molar-refractivity contribution in [2.45, 2.75) is 5.41 Å². The molecule has 0 saturated carbocycles. The lowest BCUT2D eigenvalue weighted by Gasteiger charge is -2.36. The molecule has 5 nitrogen and oxygen atoms in total. The Morgan fingerprint density at radius 1 is 1.50 bits per heavy atom. The van der Waals surface area contributed by atoms with Gasteiger partial charge in [-0.05, 0) is 6.07 Å². The van der Waals surface area contributed by atoms with Gasteiger partial charge in [0, 0.05) is 12.4 Å². The van der Waals surface area contributed by atoms with Crippen molar-refractivity contribution in [1.29, 1.82) is 0 Å². The third-order valence-electron chi connectivity index (χ3n) is 2.27. The van der Waals surface area contributed by atoms with Crippen molar-refractivity contribution in [1.82, 2.24) is 9.97 Å². The van der Waals surface area contributed by atoms with Crippen LogP contribution in [0.4, 0.5) is 0 Å². The summed E-state index contributed by atoms with van der Waals surface area (Å²) in [5.74, 6) is 0.132. The number of nitrogens with zero attached hydrogens (tertiary/aromatic N) is 2. The van der Waals surface area contributed by atoms with Gasteiger partial charge in [-0.3, -0.25) is 4.79 Å². The van der Waals surface area contributed by atoms with Crippen LogP contribution in [0.5, 0.6) is 0 Å². The molecule has 0 aromatic carbocycles. The fourth-order valence-electron chi connectivity index (χ4n) is 1.39. The molecule has 0 atom stereocenters. The van der Waals surface area contributed by atoms with Gasteiger partial charge >= 0.3 is 5.97 Å². The number of rotatable bonds is 2. The van der Waals surface area contributed by atoms with Gasteiger partial charge in [0.05, 0.1) is 20.3 Å². The van der Waals surface area contributed by atoms with E-state index in [-0.39, 0.29) is 5.97 Å². The van der Waals surface area contributed by atoms with Crippen LogP contribution in [0.15, 0.2) is 18.5 Å². The quantitative estimate of drug-likeness (QED) is 0.616. The van der Waals surface area contributed by atoms with Crippen molar-refractivity contribution in [3.05, 3.63) is 24.3 Å². The van der Waals surface area contributed by atoms with Gasteiger partial charge in [0.25, 0.3) is 0 Å². The molecular formula is C9H10N2O3. The van der Waals surface area contributed by atoms with Crippen molar-refractivity contribution in [2.24, 2.45) is 0 Å². The zero-order valence-corrected chi connectivity index (χ0v) is 7.77. The molecule has 0 spiro atoms. The number of esters is 1. The maximum absolute atomic E-state index is 11.5. The Labute approximate surface area is 81.1 Å². The Balaban J connectivity index is 2.34. The van der Waals surface area contributed by atoms with Crippen LogP contribution < -0.4 is 0 Å². The number of ether oxygens (including phenoxy) is 2. The maximum Gasteiger partial charge on any atom is 0.324 e. The minimum atomic E-state index is -0.782. The lowest BCUT2D eigenvalue weighted by molar-refractivity contribution is -0.167. The standard InChI is InChI=1S/C9H10N2O3/c1-13-8(12)9(5-14-6-9)7-10-3-2-4-11-7/h2-4H,5-6H2,1H3. The van der Waals surface area contributed by atoms with Gasteiger partial charge in [0.1, 0.15) is 5.82 Å². The summed E-state index contributed by atoms with van der Waals surface area (Å²) < 4.78 is 9.75. The van der Waals surface area contributed by atoms with Gasteiger partial charge in [-0.15, -0.1) is 0 Å². The summed E-state index contributed by atoms with van der Waals surface area (Å²) in [6.07, 6.45) is 3.21. The smallest absolute Gasteiger partial charge is 0.324 e. The predicted molar refractivity (Wildman–Crippen MR) is 46.5 cm³/mol. The lowest BCUT2D eigenvalue weighted by atomic mass is 9.85. The predicted octanol–water partition coefficient (Wildman–Crippen LogP) is -0.0824. The Kier molecular flexibility index (Phi) is 2.17. The van der Waals surface area contributed by atoms with Crippen LogP contribution in [0.2, 0.25) is 0 Å². The van der Waals surface area contributed by atoms with E-state index >= 15 is 0 Å². The number of hydrogen-bond donors (Lipinski definition) is 0. The molecule has 1 aliphatic heterocycles. The van der Waals surface area contributed by atoms with E-state index in [1.54, 1.807) is 18.5 Å². The van der Waals surface area contributed by atoms with Crippen LogP contribution in [0.3, 0.4) is 0 Å². The van der Waals surface area contributed by atoms with Crippen molar-refractivity contribution in [2.75, 3.05) is 20.3 Å². The summed E-state index contributed by atoms with van der Waals surface area (Å²) in [5, 5.41) is 0. The number of methoxy groups -OCH3 is 1. The highest BCUT2D eigenvalue weighted by atomic mass is 16.5. The fourth-order valence-corrected chi connectivity index (χ4v) is 1.39. The van der Waals surface area contributed by atoms with Crippen molar-refractivity contribution in [3.63, 3.8) is 0 Å². The summed E-state index contributed by atoms with van der Waals surface area (Å²) in [6, 6.07) is 1.70. The van der Waals surface area contributed by atoms with Crippen molar-refractivity contribution in [3.8, 4) is 0 Å². The Morgan fingerprint density at radius 2 is 2.14 bits per heavy atom. The molecular weight excluding hydrogens is 184 g/mol. The molecule has 1 saturated heterocycles. The molecule has 0 bridgehead atoms. The minimum absolute atomic E-state index is 0.295. The summed E-state index contributed by atoms with van der Waals surface area (Å²) in [7, 11) is 1.35. The molecule has 1 aromatic rings. The fraction of sp³-hybridized carbons (Fsp3) is 0.444. The summed E-state index contributed by atoms with van der Waals surface area (Å²) in [5.41, 5.74) is -0.782. The van der Waals surface area contributed by atoms with E-state index in [0.717, 1.165) is 0 Å². The first-order valence-corrected chi connectivity index (χ1v) is 4.23. The summed E-state index contributed by atoms with van der Waals surface area (Å²) in [4.78, 5) is 19.6. The van der Waals surface area contributed by atoms with E-state index in [4.69, 9.17) is 9.47 Å². The van der Waals surface area contributed by atoms with Gasteiger partial charge in [0.15, 0.2) is 5.41 Å². The Hall–Kier alpha value is -1.49. The molecule has 2 heterocycles. The van der Waals surface area contributed by atoms with Crippen LogP contribution >= 0.6 is 0 Å². The molecule has 1 aliphatic rings. The second kappa shape index (κ2) is 3.34. The molecule has 0 aliphatic carbocycles. The highest BCUT2D eigenvalue weighted by molar-refractivity contribution is 5.83. The van der Waals surface area contributed by atoms with Gasteiger partial charge in [-0.25, -0.2) is 9.97 Å². The third-order valence-corrected chi connectivity index (χ3v) is 2.27. The van der Waals surface area contributed by atoms with E-state index in [0.29, 0.717) is 19.0 Å². The second-order valence-corrected chi connectivity index (χ2v) is 3.14. The summed E-state index contributed by atoms with van der Waals surface area (Å²) >= 11 is 0. The third kappa shape index (κ3) is 1.17. The normalized spacial score (nSPS) is 18.4. The molecule has 5 heteroatoms. The van der Waals surface area contributed by atoms with Crippen molar-refractivity contribution >= 4 is 5.97 Å². The van der Waals surface area contributed by atoms with Crippen LogP contribution in [0.25, 0.3) is 0 Å². The average Bonchev–Trinajstić information content (AvgIpc) is 2.17. The number of carbonyl (C=O) groups is 1. The first-order chi connectivity index (χ1) is 6.79. The minimum Gasteiger partial charge on any atom is -0.468 e. The van der Waals surface area contributed by atoms with Crippen LogP contribution in [-0.4, -0.2) is 36.3 Å². The molecule has 2 rings (SSSR count). The van der Waals surface area contributed by atoms with Crippen LogP contribution in [0, 0.1) is 0 Å². The van der Waals surface area contributed by atoms with Gasteiger partial charge in [0.2, 0.25) is 0 Å². The van der Waals surface area contributed by atoms with Crippen molar-refractivity contribution < 1.29 is 14.3 Å². The van der Waals surface area contributed by atoms with Gasteiger partial charge in [-0.1, -0.05) is 0 Å². The zero-order valence-electron chi connectivity index (χ0n) is 7.77. The molecule has 1 aromatic heterocycles. The molecule has 0 N–H and O–H groups in total. The molecule has 0 unspecified atom stereocenters. The topological polar surface area (TPSA) is 61.3 Å². The largest absolute Gasteiger partial charge is 0.468 e. The van der Waals surface area contributed by atoms with E-state index in [1.165, 1.54) is 7.11 Å².